The standard InChI is InChI=1S/C14H26F3N/c1-5-12(3,4)11-7-9-13(10-8-11,18-6-2)14(15,16)17/h11,18H,5-10H2,1-4H3. The third-order valence-electron chi connectivity index (χ3n) is 4.91. The van der Waals surface area contributed by atoms with Crippen LogP contribution in [0.4, 0.5) is 13.2 Å². The van der Waals surface area contributed by atoms with Crippen molar-refractivity contribution in [2.45, 2.75) is 71.5 Å². The van der Waals surface area contributed by atoms with Crippen LogP contribution in [0.2, 0.25) is 0 Å². The van der Waals surface area contributed by atoms with Crippen molar-refractivity contribution in [3.05, 3.63) is 0 Å². The van der Waals surface area contributed by atoms with Crippen LogP contribution >= 0.6 is 0 Å². The molecule has 1 aliphatic rings. The zero-order chi connectivity index (χ0) is 14.0. The van der Waals surface area contributed by atoms with Crippen molar-refractivity contribution in [3.63, 3.8) is 0 Å². The van der Waals surface area contributed by atoms with Crippen LogP contribution in [0.3, 0.4) is 0 Å². The molecule has 108 valence electrons. The smallest absolute Gasteiger partial charge is 0.304 e. The van der Waals surface area contributed by atoms with Gasteiger partial charge in [0.2, 0.25) is 0 Å². The molecule has 1 fully saturated rings. The van der Waals surface area contributed by atoms with Gasteiger partial charge in [-0.1, -0.05) is 34.1 Å². The molecule has 4 heteroatoms. The lowest BCUT2D eigenvalue weighted by Gasteiger charge is -2.46. The second-order valence-corrected chi connectivity index (χ2v) is 6.23. The van der Waals surface area contributed by atoms with Gasteiger partial charge in [-0.25, -0.2) is 0 Å². The van der Waals surface area contributed by atoms with Gasteiger partial charge in [0.05, 0.1) is 0 Å². The van der Waals surface area contributed by atoms with Gasteiger partial charge in [-0.2, -0.15) is 13.2 Å². The maximum atomic E-state index is 13.2. The molecule has 0 spiro atoms. The Hall–Kier alpha value is -0.250. The molecular formula is C14H26F3N. The molecule has 0 unspecified atom stereocenters. The third kappa shape index (κ3) is 3.01. The highest BCUT2D eigenvalue weighted by Crippen LogP contribution is 2.48. The lowest BCUT2D eigenvalue weighted by Crippen LogP contribution is -2.59. The van der Waals surface area contributed by atoms with Crippen molar-refractivity contribution in [1.82, 2.24) is 5.32 Å². The molecule has 0 aromatic rings. The second-order valence-electron chi connectivity index (χ2n) is 6.23. The Bertz CT molecular complexity index is 263. The van der Waals surface area contributed by atoms with Crippen molar-refractivity contribution >= 4 is 0 Å². The average Bonchev–Trinajstić information content (AvgIpc) is 2.28. The topological polar surface area (TPSA) is 12.0 Å². The molecule has 0 atom stereocenters. The lowest BCUT2D eigenvalue weighted by molar-refractivity contribution is -0.209. The van der Waals surface area contributed by atoms with Gasteiger partial charge >= 0.3 is 6.18 Å². The summed E-state index contributed by atoms with van der Waals surface area (Å²) in [4.78, 5) is 0. The maximum Gasteiger partial charge on any atom is 0.406 e. The molecule has 1 aliphatic carbocycles. The highest BCUT2D eigenvalue weighted by Gasteiger charge is 2.55. The summed E-state index contributed by atoms with van der Waals surface area (Å²) in [5.41, 5.74) is -1.48. The number of halogens is 3. The first-order valence-corrected chi connectivity index (χ1v) is 7.00. The Morgan fingerprint density at radius 1 is 1.11 bits per heavy atom. The zero-order valence-corrected chi connectivity index (χ0v) is 12.0. The quantitative estimate of drug-likeness (QED) is 0.788. The molecule has 1 rings (SSSR count). The van der Waals surface area contributed by atoms with E-state index in [4.69, 9.17) is 0 Å². The number of nitrogens with one attached hydrogen (secondary N) is 1. The minimum atomic E-state index is -4.13. The predicted molar refractivity (Wildman–Crippen MR) is 68.5 cm³/mol. The molecule has 0 amide bonds. The number of hydrogen-bond donors (Lipinski definition) is 1. The van der Waals surface area contributed by atoms with Gasteiger partial charge in [0, 0.05) is 0 Å². The summed E-state index contributed by atoms with van der Waals surface area (Å²) in [6.07, 6.45) is -1.32. The molecular weight excluding hydrogens is 239 g/mol. The largest absolute Gasteiger partial charge is 0.406 e. The van der Waals surface area contributed by atoms with Gasteiger partial charge < -0.3 is 5.32 Å². The van der Waals surface area contributed by atoms with E-state index >= 15 is 0 Å². The van der Waals surface area contributed by atoms with Crippen LogP contribution in [0.5, 0.6) is 0 Å². The molecule has 0 heterocycles. The van der Waals surface area contributed by atoms with Gasteiger partial charge in [-0.3, -0.25) is 0 Å². The molecule has 1 saturated carbocycles. The van der Waals surface area contributed by atoms with E-state index in [9.17, 15) is 13.2 Å². The van der Waals surface area contributed by atoms with E-state index in [2.05, 4.69) is 26.1 Å². The number of rotatable bonds is 4. The van der Waals surface area contributed by atoms with E-state index in [1.54, 1.807) is 6.92 Å². The normalized spacial score (nSPS) is 30.5. The molecule has 0 saturated heterocycles. The molecule has 0 bridgehead atoms. The summed E-state index contributed by atoms with van der Waals surface area (Å²) < 4.78 is 39.7. The fraction of sp³-hybridized carbons (Fsp3) is 1.00. The van der Waals surface area contributed by atoms with Crippen LogP contribution in [-0.2, 0) is 0 Å². The van der Waals surface area contributed by atoms with E-state index in [1.165, 1.54) is 0 Å². The fourth-order valence-electron chi connectivity index (χ4n) is 3.08. The van der Waals surface area contributed by atoms with Crippen LogP contribution in [0.1, 0.15) is 59.8 Å². The summed E-state index contributed by atoms with van der Waals surface area (Å²) in [5.74, 6) is 0.414. The Morgan fingerprint density at radius 3 is 1.94 bits per heavy atom. The minimum Gasteiger partial charge on any atom is -0.304 e. The van der Waals surface area contributed by atoms with E-state index in [1.807, 2.05) is 0 Å². The Labute approximate surface area is 109 Å². The van der Waals surface area contributed by atoms with Gasteiger partial charge in [-0.15, -0.1) is 0 Å². The Morgan fingerprint density at radius 2 is 1.61 bits per heavy atom. The van der Waals surface area contributed by atoms with Gasteiger partial charge in [0.1, 0.15) is 5.54 Å². The lowest BCUT2D eigenvalue weighted by atomic mass is 9.65. The fourth-order valence-corrected chi connectivity index (χ4v) is 3.08. The molecule has 1 nitrogen and oxygen atoms in total. The summed E-state index contributed by atoms with van der Waals surface area (Å²) in [6, 6.07) is 0. The monoisotopic (exact) mass is 265 g/mol. The van der Waals surface area contributed by atoms with Gasteiger partial charge in [0.25, 0.3) is 0 Å². The molecule has 0 aromatic heterocycles. The molecule has 1 N–H and O–H groups in total. The number of hydrogen-bond acceptors (Lipinski definition) is 1. The molecule has 0 radical (unpaired) electrons. The minimum absolute atomic E-state index is 0.157. The summed E-state index contributed by atoms with van der Waals surface area (Å²) in [6.45, 7) is 8.59. The van der Waals surface area contributed by atoms with Crippen LogP contribution in [-0.4, -0.2) is 18.3 Å². The molecule has 0 aliphatic heterocycles. The third-order valence-corrected chi connectivity index (χ3v) is 4.91. The van der Waals surface area contributed by atoms with Gasteiger partial charge in [0.15, 0.2) is 0 Å². The summed E-state index contributed by atoms with van der Waals surface area (Å²) in [7, 11) is 0. The molecule has 0 aromatic carbocycles. The first-order valence-electron chi connectivity index (χ1n) is 7.00. The van der Waals surface area contributed by atoms with Crippen LogP contribution in [0.15, 0.2) is 0 Å². The van der Waals surface area contributed by atoms with E-state index < -0.39 is 11.7 Å². The zero-order valence-electron chi connectivity index (χ0n) is 12.0. The number of alkyl halides is 3. The summed E-state index contributed by atoms with van der Waals surface area (Å²) >= 11 is 0. The van der Waals surface area contributed by atoms with Crippen LogP contribution in [0, 0.1) is 11.3 Å². The molecule has 18 heavy (non-hydrogen) atoms. The van der Waals surface area contributed by atoms with E-state index in [-0.39, 0.29) is 18.3 Å². The van der Waals surface area contributed by atoms with Crippen molar-refractivity contribution in [3.8, 4) is 0 Å². The van der Waals surface area contributed by atoms with Crippen LogP contribution in [0.25, 0.3) is 0 Å². The second kappa shape index (κ2) is 5.40. The highest BCUT2D eigenvalue weighted by molar-refractivity contribution is 5.00. The first-order chi connectivity index (χ1) is 8.18. The van der Waals surface area contributed by atoms with Crippen molar-refractivity contribution in [2.75, 3.05) is 6.54 Å². The van der Waals surface area contributed by atoms with E-state index in [0.717, 1.165) is 6.42 Å². The Balaban J connectivity index is 2.76. The van der Waals surface area contributed by atoms with Crippen molar-refractivity contribution in [2.24, 2.45) is 11.3 Å². The highest BCUT2D eigenvalue weighted by atomic mass is 19.4. The van der Waals surface area contributed by atoms with Crippen molar-refractivity contribution < 1.29 is 13.2 Å². The Kier molecular flexibility index (Phi) is 4.74. The SMILES string of the molecule is CCNC1(C(F)(F)F)CCC(C(C)(C)CC)CC1. The maximum absolute atomic E-state index is 13.2. The predicted octanol–water partition coefficient (Wildman–Crippen LogP) is 4.52. The van der Waals surface area contributed by atoms with E-state index in [0.29, 0.717) is 25.3 Å². The first kappa shape index (κ1) is 15.8. The summed E-state index contributed by atoms with van der Waals surface area (Å²) in [5, 5.41) is 2.70. The average molecular weight is 265 g/mol. The van der Waals surface area contributed by atoms with Gasteiger partial charge in [-0.05, 0) is 43.6 Å². The van der Waals surface area contributed by atoms with Crippen LogP contribution < -0.4 is 5.32 Å². The van der Waals surface area contributed by atoms with Crippen molar-refractivity contribution in [1.29, 1.82) is 0 Å².